The SMILES string of the molecule is C1CCOC1.CC(C)(C)c1cc(CN2[C-]=[N+](Cc3cc(C(C)(C)C)cc(C(C)(C)C)c3[O-])CC2)c([O-])c(C(C)(C)C)c1.CC(C)(C)c1cc(CN2[C-]=[N+](Cc3cc(C(C)(C)C)cc(C(C)(C)C)c3[O-])CC2)c([O-])c(C(C)(C)C)c1.[K+].[La+3]. The zero-order chi connectivity index (χ0) is 59.8. The van der Waals surface area contributed by atoms with Crippen molar-refractivity contribution < 1.29 is 121 Å². The van der Waals surface area contributed by atoms with E-state index in [0.717, 1.165) is 83.9 Å². The van der Waals surface area contributed by atoms with Gasteiger partial charge in [-0.2, -0.15) is 0 Å². The summed E-state index contributed by atoms with van der Waals surface area (Å²) >= 11 is 0. The quantitative estimate of drug-likeness (QED) is 0.0982. The summed E-state index contributed by atoms with van der Waals surface area (Å²) in [5.74, 6) is 0.538. The molecule has 11 heteroatoms. The van der Waals surface area contributed by atoms with Crippen LogP contribution in [0.3, 0.4) is 0 Å². The zero-order valence-electron chi connectivity index (χ0n) is 55.5. The summed E-state index contributed by atoms with van der Waals surface area (Å²) in [6.07, 6.45) is 9.48. The van der Waals surface area contributed by atoms with Crippen LogP contribution in [0.15, 0.2) is 48.5 Å². The molecule has 1 saturated heterocycles. The van der Waals surface area contributed by atoms with E-state index < -0.39 is 0 Å². The van der Waals surface area contributed by atoms with E-state index in [-0.39, 0.29) is 153 Å². The molecule has 0 amide bonds. The van der Waals surface area contributed by atoms with Gasteiger partial charge in [-0.25, -0.2) is 0 Å². The molecule has 0 aliphatic carbocycles. The van der Waals surface area contributed by atoms with Crippen LogP contribution >= 0.6 is 0 Å². The number of ether oxygens (including phenoxy) is 1. The molecule has 4 aromatic rings. The first-order valence-corrected chi connectivity index (χ1v) is 29.4. The van der Waals surface area contributed by atoms with Crippen molar-refractivity contribution in [1.29, 1.82) is 0 Å². The maximum atomic E-state index is 13.5. The Hall–Kier alpha value is -2.19. The molecule has 0 unspecified atom stereocenters. The summed E-state index contributed by atoms with van der Waals surface area (Å²) in [4.78, 5) is 4.19. The van der Waals surface area contributed by atoms with Gasteiger partial charge in [-0.15, -0.1) is 12.7 Å². The number of benzene rings is 4. The van der Waals surface area contributed by atoms with Gasteiger partial charge in [-0.05, 0) is 123 Å². The molecule has 3 aliphatic rings. The summed E-state index contributed by atoms with van der Waals surface area (Å²) in [6.45, 7) is 58.8. The third-order valence-corrected chi connectivity index (χ3v) is 15.5. The Morgan fingerprint density at radius 1 is 0.383 bits per heavy atom. The third-order valence-electron chi connectivity index (χ3n) is 15.5. The first-order chi connectivity index (χ1) is 35.8. The minimum atomic E-state index is -0.217. The van der Waals surface area contributed by atoms with Crippen LogP contribution < -0.4 is 71.8 Å². The van der Waals surface area contributed by atoms with Gasteiger partial charge in [0.2, 0.25) is 0 Å². The number of rotatable bonds is 8. The van der Waals surface area contributed by atoms with Gasteiger partial charge in [0, 0.05) is 13.2 Å². The summed E-state index contributed by atoms with van der Waals surface area (Å²) in [7, 11) is 0. The minimum absolute atomic E-state index is 0. The van der Waals surface area contributed by atoms with Gasteiger partial charge in [-0.1, -0.05) is 238 Å². The van der Waals surface area contributed by atoms with Crippen molar-refractivity contribution in [2.75, 3.05) is 39.4 Å². The Balaban J connectivity index is 0.000000381. The molecular formula is C70H104KLaN4O5. The van der Waals surface area contributed by atoms with E-state index in [2.05, 4.69) is 246 Å². The Morgan fingerprint density at radius 3 is 0.827 bits per heavy atom. The van der Waals surface area contributed by atoms with Gasteiger partial charge in [0.25, 0.3) is 0 Å². The van der Waals surface area contributed by atoms with Crippen molar-refractivity contribution in [1.82, 2.24) is 9.80 Å². The standard InChI is InChI=1S/2C33H50N2O2.C4H8O.K.La/c2*1-30(2,3)24-15-22(28(36)26(17-24)32(7,8)9)19-34-13-14-35(21-34)20-23-16-25(31(4,5)6)18-27(29(23)37)33(10,11)12;1-2-4-5-3-1;;/h2*15-18,36-37H,13-14,19-20H2,1-12H3;1-4H2;;/q;;;+1;+3/p-4. The predicted molar refractivity (Wildman–Crippen MR) is 322 cm³/mol. The van der Waals surface area contributed by atoms with E-state index in [0.29, 0.717) is 26.2 Å². The number of nitrogens with zero attached hydrogens (tertiary/aromatic N) is 4. The average molecular weight is 1260 g/mol. The Morgan fingerprint density at radius 2 is 0.617 bits per heavy atom. The fourth-order valence-corrected chi connectivity index (χ4v) is 10.1. The van der Waals surface area contributed by atoms with Crippen LogP contribution in [-0.4, -0.2) is 71.0 Å². The van der Waals surface area contributed by atoms with Crippen molar-refractivity contribution in [2.45, 2.75) is 249 Å². The fraction of sp³-hybridized carbons (Fsp3) is 0.629. The van der Waals surface area contributed by atoms with E-state index >= 15 is 0 Å². The van der Waals surface area contributed by atoms with E-state index in [4.69, 9.17) is 4.74 Å². The Labute approximate surface area is 563 Å². The second-order valence-corrected chi connectivity index (χ2v) is 31.3. The molecule has 81 heavy (non-hydrogen) atoms. The summed E-state index contributed by atoms with van der Waals surface area (Å²) in [5.41, 5.74) is 10.5. The van der Waals surface area contributed by atoms with E-state index in [1.807, 2.05) is 0 Å². The molecule has 1 fully saturated rings. The Bertz CT molecular complexity index is 2650. The Kier molecular flexibility index (Phi) is 25.0. The number of hydrogen-bond donors (Lipinski definition) is 0. The van der Waals surface area contributed by atoms with Crippen molar-refractivity contribution >= 4 is 12.7 Å². The molecule has 9 nitrogen and oxygen atoms in total. The van der Waals surface area contributed by atoms with E-state index in [1.54, 1.807) is 0 Å². The molecule has 0 radical (unpaired) electrons. The third kappa shape index (κ3) is 20.2. The maximum absolute atomic E-state index is 13.5. The van der Waals surface area contributed by atoms with Crippen molar-refractivity contribution in [3.8, 4) is 23.0 Å². The molecule has 0 saturated carbocycles. The molecule has 0 bridgehead atoms. The van der Waals surface area contributed by atoms with Crippen LogP contribution in [0.4, 0.5) is 0 Å². The van der Waals surface area contributed by atoms with Crippen LogP contribution in [-0.2, 0) is 74.2 Å². The van der Waals surface area contributed by atoms with E-state index in [1.165, 1.54) is 35.1 Å². The largest absolute Gasteiger partial charge is 3.00 e. The van der Waals surface area contributed by atoms with Crippen LogP contribution in [0.1, 0.15) is 246 Å². The molecule has 438 valence electrons. The second kappa shape index (κ2) is 27.7. The maximum Gasteiger partial charge on any atom is 3.00 e. The van der Waals surface area contributed by atoms with Gasteiger partial charge in [0.15, 0.2) is 0 Å². The molecular weight excluding hydrogens is 1150 g/mol. The van der Waals surface area contributed by atoms with Crippen molar-refractivity contribution in [3.05, 3.63) is 115 Å². The molecule has 4 aromatic carbocycles. The smallest absolute Gasteiger partial charge is 0.872 e. The predicted octanol–water partition coefficient (Wildman–Crippen LogP) is 9.72. The summed E-state index contributed by atoms with van der Waals surface area (Å²) in [5, 5.41) is 53.8. The molecule has 0 spiro atoms. The summed E-state index contributed by atoms with van der Waals surface area (Å²) in [6, 6.07) is 16.7. The van der Waals surface area contributed by atoms with Crippen LogP contribution in [0.25, 0.3) is 0 Å². The zero-order valence-corrected chi connectivity index (χ0v) is 62.3. The molecule has 3 aliphatic heterocycles. The first-order valence-electron chi connectivity index (χ1n) is 29.4. The van der Waals surface area contributed by atoms with Crippen LogP contribution in [0, 0.1) is 35.6 Å². The number of hydrogen-bond acceptors (Lipinski definition) is 7. The fourth-order valence-electron chi connectivity index (χ4n) is 10.1. The molecule has 0 N–H and O–H groups in total. The van der Waals surface area contributed by atoms with Gasteiger partial charge >= 0.3 is 87.0 Å². The average Bonchev–Trinajstić information content (AvgIpc) is 4.09. The van der Waals surface area contributed by atoms with Gasteiger partial charge in [0.05, 0.1) is 52.4 Å². The second-order valence-electron chi connectivity index (χ2n) is 31.3. The van der Waals surface area contributed by atoms with Gasteiger partial charge < -0.3 is 44.1 Å². The summed E-state index contributed by atoms with van der Waals surface area (Å²) < 4.78 is 9.14. The van der Waals surface area contributed by atoms with Crippen LogP contribution in [0.5, 0.6) is 23.0 Å². The molecule has 0 aromatic heterocycles. The topological polar surface area (TPSA) is 114 Å². The normalized spacial score (nSPS) is 15.5. The van der Waals surface area contributed by atoms with Crippen molar-refractivity contribution in [3.63, 3.8) is 0 Å². The van der Waals surface area contributed by atoms with Gasteiger partial charge in [-0.3, -0.25) is 0 Å². The first kappa shape index (κ1) is 73.1. The molecule has 3 heterocycles. The van der Waals surface area contributed by atoms with E-state index in [9.17, 15) is 20.4 Å². The van der Waals surface area contributed by atoms with Crippen LogP contribution in [0.2, 0.25) is 0 Å². The monoisotopic (exact) mass is 1260 g/mol. The minimum Gasteiger partial charge on any atom is -0.872 e. The molecule has 7 rings (SSSR count). The molecule has 0 atom stereocenters. The van der Waals surface area contributed by atoms with Crippen molar-refractivity contribution in [2.24, 2.45) is 0 Å². The van der Waals surface area contributed by atoms with Gasteiger partial charge in [0.1, 0.15) is 0 Å².